The van der Waals surface area contributed by atoms with Crippen LogP contribution in [0.1, 0.15) is 31.7 Å². The van der Waals surface area contributed by atoms with Crippen molar-refractivity contribution in [1.82, 2.24) is 4.90 Å². The molecule has 0 radical (unpaired) electrons. The number of esters is 1. The van der Waals surface area contributed by atoms with E-state index in [0.29, 0.717) is 34.4 Å². The number of benzene rings is 1. The van der Waals surface area contributed by atoms with Crippen LogP contribution in [0, 0.1) is 10.1 Å². The number of amides is 1. The van der Waals surface area contributed by atoms with Gasteiger partial charge in [-0.3, -0.25) is 24.6 Å². The highest BCUT2D eigenvalue weighted by atomic mass is 32.2. The van der Waals surface area contributed by atoms with Crippen LogP contribution in [-0.4, -0.2) is 39.2 Å². The van der Waals surface area contributed by atoms with Crippen molar-refractivity contribution in [2.24, 2.45) is 0 Å². The molecule has 1 saturated heterocycles. The Kier molecular flexibility index (Phi) is 7.28. The number of nitro benzene ring substituents is 1. The second-order valence-electron chi connectivity index (χ2n) is 5.51. The summed E-state index contributed by atoms with van der Waals surface area (Å²) >= 11 is 6.38. The van der Waals surface area contributed by atoms with Gasteiger partial charge in [0, 0.05) is 25.1 Å². The van der Waals surface area contributed by atoms with Gasteiger partial charge in [-0.05, 0) is 24.5 Å². The first-order valence-corrected chi connectivity index (χ1v) is 9.30. The third-order valence-corrected chi connectivity index (χ3v) is 4.86. The highest BCUT2D eigenvalue weighted by Crippen LogP contribution is 2.33. The lowest BCUT2D eigenvalue weighted by molar-refractivity contribution is -0.384. The van der Waals surface area contributed by atoms with Crippen LogP contribution in [0.5, 0.6) is 0 Å². The molecule has 0 unspecified atom stereocenters. The zero-order valence-corrected chi connectivity index (χ0v) is 15.8. The van der Waals surface area contributed by atoms with Gasteiger partial charge in [0.05, 0.1) is 16.4 Å². The van der Waals surface area contributed by atoms with Crippen LogP contribution >= 0.6 is 24.0 Å². The first-order valence-electron chi connectivity index (χ1n) is 8.07. The number of hydrogen-bond acceptors (Lipinski definition) is 7. The lowest BCUT2D eigenvalue weighted by Crippen LogP contribution is -2.29. The Hall–Kier alpha value is -2.26. The minimum atomic E-state index is -0.486. The van der Waals surface area contributed by atoms with Crippen molar-refractivity contribution < 1.29 is 19.2 Å². The van der Waals surface area contributed by atoms with Crippen molar-refractivity contribution in [3.05, 3.63) is 44.8 Å². The van der Waals surface area contributed by atoms with Crippen molar-refractivity contribution in [1.29, 1.82) is 0 Å². The Bertz CT molecular complexity index is 763. The van der Waals surface area contributed by atoms with Gasteiger partial charge in [0.25, 0.3) is 11.6 Å². The number of ether oxygens (including phenoxy) is 1. The zero-order valence-electron chi connectivity index (χ0n) is 14.2. The van der Waals surface area contributed by atoms with E-state index in [4.69, 9.17) is 17.0 Å². The molecule has 0 atom stereocenters. The van der Waals surface area contributed by atoms with Gasteiger partial charge in [-0.15, -0.1) is 0 Å². The molecule has 1 heterocycles. The molecular weight excluding hydrogens is 376 g/mol. The highest BCUT2D eigenvalue weighted by Gasteiger charge is 2.31. The molecular formula is C17H18N2O5S2. The molecule has 1 aliphatic rings. The normalized spacial score (nSPS) is 15.6. The molecule has 0 bridgehead atoms. The van der Waals surface area contributed by atoms with Gasteiger partial charge in [-0.25, -0.2) is 0 Å². The maximum Gasteiger partial charge on any atom is 0.305 e. The average Bonchev–Trinajstić information content (AvgIpc) is 2.87. The molecule has 26 heavy (non-hydrogen) atoms. The molecule has 0 saturated carbocycles. The fourth-order valence-electron chi connectivity index (χ4n) is 2.24. The van der Waals surface area contributed by atoms with Crippen LogP contribution in [0.15, 0.2) is 29.2 Å². The van der Waals surface area contributed by atoms with Gasteiger partial charge in [-0.2, -0.15) is 0 Å². The number of carbonyl (C=O) groups excluding carboxylic acids is 2. The molecule has 1 aromatic rings. The summed E-state index contributed by atoms with van der Waals surface area (Å²) in [6.07, 6.45) is 3.03. The molecule has 1 aliphatic heterocycles. The van der Waals surface area contributed by atoms with Crippen LogP contribution in [0.2, 0.25) is 0 Å². The second kappa shape index (κ2) is 9.44. The predicted molar refractivity (Wildman–Crippen MR) is 103 cm³/mol. The smallest absolute Gasteiger partial charge is 0.305 e. The summed E-state index contributed by atoms with van der Waals surface area (Å²) in [6, 6.07) is 6.03. The largest absolute Gasteiger partial charge is 0.466 e. The fourth-order valence-corrected chi connectivity index (χ4v) is 3.55. The molecule has 7 nitrogen and oxygen atoms in total. The number of hydrogen-bond donors (Lipinski definition) is 0. The number of rotatable bonds is 8. The second-order valence-corrected chi connectivity index (χ2v) is 7.19. The Balaban J connectivity index is 1.98. The maximum atomic E-state index is 12.5. The summed E-state index contributed by atoms with van der Waals surface area (Å²) in [7, 11) is 0. The predicted octanol–water partition coefficient (Wildman–Crippen LogP) is 3.53. The molecule has 1 aromatic carbocycles. The lowest BCUT2D eigenvalue weighted by Gasteiger charge is -2.13. The molecule has 138 valence electrons. The van der Waals surface area contributed by atoms with Gasteiger partial charge in [0.15, 0.2) is 0 Å². The molecule has 0 spiro atoms. The maximum absolute atomic E-state index is 12.5. The number of nitrogens with zero attached hydrogens (tertiary/aromatic N) is 2. The molecule has 9 heteroatoms. The summed E-state index contributed by atoms with van der Waals surface area (Å²) in [5.41, 5.74) is 0.516. The number of non-ortho nitro benzene ring substituents is 1. The van der Waals surface area contributed by atoms with Crippen molar-refractivity contribution in [2.45, 2.75) is 26.2 Å². The topological polar surface area (TPSA) is 89.8 Å². The van der Waals surface area contributed by atoms with E-state index in [2.05, 4.69) is 0 Å². The van der Waals surface area contributed by atoms with Crippen LogP contribution in [0.3, 0.4) is 0 Å². The lowest BCUT2D eigenvalue weighted by atomic mass is 10.2. The summed E-state index contributed by atoms with van der Waals surface area (Å²) in [6.45, 7) is 2.64. The van der Waals surface area contributed by atoms with Gasteiger partial charge in [-0.1, -0.05) is 43.0 Å². The summed E-state index contributed by atoms with van der Waals surface area (Å²) in [4.78, 5) is 36.2. The first kappa shape index (κ1) is 20.1. The third kappa shape index (κ3) is 5.37. The van der Waals surface area contributed by atoms with Crippen LogP contribution in [0.25, 0.3) is 6.08 Å². The minimum absolute atomic E-state index is 0.0418. The van der Waals surface area contributed by atoms with Gasteiger partial charge in [0.1, 0.15) is 4.32 Å². The monoisotopic (exact) mass is 394 g/mol. The summed E-state index contributed by atoms with van der Waals surface area (Å²) in [5, 5.41) is 10.8. The molecule has 0 aromatic heterocycles. The van der Waals surface area contributed by atoms with E-state index in [1.807, 2.05) is 6.92 Å². The van der Waals surface area contributed by atoms with Gasteiger partial charge >= 0.3 is 5.97 Å². The van der Waals surface area contributed by atoms with E-state index in [1.54, 1.807) is 18.2 Å². The molecule has 1 amide bonds. The van der Waals surface area contributed by atoms with Crippen molar-refractivity contribution >= 4 is 51.9 Å². The quantitative estimate of drug-likeness (QED) is 0.219. The molecule has 0 N–H and O–H groups in total. The van der Waals surface area contributed by atoms with E-state index in [1.165, 1.54) is 17.0 Å². The summed E-state index contributed by atoms with van der Waals surface area (Å²) < 4.78 is 5.40. The highest BCUT2D eigenvalue weighted by molar-refractivity contribution is 8.26. The summed E-state index contributed by atoms with van der Waals surface area (Å²) in [5.74, 6) is -0.544. The van der Waals surface area contributed by atoms with Crippen molar-refractivity contribution in [3.63, 3.8) is 0 Å². The van der Waals surface area contributed by atoms with E-state index in [9.17, 15) is 19.7 Å². The Morgan fingerprint density at radius 1 is 1.46 bits per heavy atom. The number of thioether (sulfide) groups is 1. The molecule has 1 fully saturated rings. The average molecular weight is 394 g/mol. The van der Waals surface area contributed by atoms with Crippen LogP contribution in [0.4, 0.5) is 5.69 Å². The number of thiocarbonyl (C=S) groups is 1. The van der Waals surface area contributed by atoms with E-state index < -0.39 is 4.92 Å². The van der Waals surface area contributed by atoms with E-state index >= 15 is 0 Å². The molecule has 0 aliphatic carbocycles. The Labute approximate surface area is 160 Å². The Morgan fingerprint density at radius 3 is 2.92 bits per heavy atom. The van der Waals surface area contributed by atoms with Crippen molar-refractivity contribution in [2.75, 3.05) is 13.2 Å². The van der Waals surface area contributed by atoms with Gasteiger partial charge in [0.2, 0.25) is 0 Å². The zero-order chi connectivity index (χ0) is 19.1. The Morgan fingerprint density at radius 2 is 2.23 bits per heavy atom. The van der Waals surface area contributed by atoms with E-state index in [0.717, 1.165) is 18.2 Å². The third-order valence-electron chi connectivity index (χ3n) is 3.48. The van der Waals surface area contributed by atoms with E-state index in [-0.39, 0.29) is 24.0 Å². The number of carbonyl (C=O) groups is 2. The van der Waals surface area contributed by atoms with Crippen LogP contribution in [-0.2, 0) is 14.3 Å². The van der Waals surface area contributed by atoms with Crippen LogP contribution < -0.4 is 0 Å². The van der Waals surface area contributed by atoms with Gasteiger partial charge < -0.3 is 4.74 Å². The SMILES string of the molecule is CCCOC(=O)CCCN1C(=O)/C(=C/c2cccc([N+](=O)[O-])c2)SC1=S. The molecule has 2 rings (SSSR count). The minimum Gasteiger partial charge on any atom is -0.466 e. The fraction of sp³-hybridized carbons (Fsp3) is 0.353. The van der Waals surface area contributed by atoms with Crippen molar-refractivity contribution in [3.8, 4) is 0 Å². The standard InChI is InChI=1S/C17H18N2O5S2/c1-2-9-24-15(20)7-4-8-18-16(21)14(26-17(18)25)11-12-5-3-6-13(10-12)19(22)23/h3,5-6,10-11H,2,4,7-9H2,1H3/b14-11-. The number of nitro groups is 1. The first-order chi connectivity index (χ1) is 12.4.